The van der Waals surface area contributed by atoms with Gasteiger partial charge in [0, 0.05) is 18.0 Å². The van der Waals surface area contributed by atoms with Gasteiger partial charge in [-0.15, -0.1) is 0 Å². The van der Waals surface area contributed by atoms with Gasteiger partial charge in [-0.25, -0.2) is 0 Å². The molecule has 1 aliphatic rings. The number of aromatic nitrogens is 2. The first-order valence-corrected chi connectivity index (χ1v) is 6.03. The van der Waals surface area contributed by atoms with E-state index in [1.54, 1.807) is 0 Å². The zero-order chi connectivity index (χ0) is 11.5. The van der Waals surface area contributed by atoms with E-state index in [2.05, 4.69) is 15.5 Å². The molecule has 1 N–H and O–H groups in total. The van der Waals surface area contributed by atoms with Crippen LogP contribution in [0.3, 0.4) is 0 Å². The maximum absolute atomic E-state index is 5.28. The topological polar surface area (TPSA) is 51.0 Å². The molecule has 0 amide bonds. The Morgan fingerprint density at radius 3 is 2.94 bits per heavy atom. The van der Waals surface area contributed by atoms with E-state index in [1.165, 1.54) is 12.8 Å². The van der Waals surface area contributed by atoms with Crippen molar-refractivity contribution in [1.82, 2.24) is 15.5 Å². The molecule has 2 aromatic rings. The first kappa shape index (κ1) is 10.5. The molecule has 1 fully saturated rings. The summed E-state index contributed by atoms with van der Waals surface area (Å²) in [7, 11) is 0. The Morgan fingerprint density at radius 2 is 2.18 bits per heavy atom. The van der Waals surface area contributed by atoms with Crippen LogP contribution in [0.4, 0.5) is 0 Å². The van der Waals surface area contributed by atoms with E-state index in [0.29, 0.717) is 11.9 Å². The normalized spacial score (nSPS) is 19.6. The lowest BCUT2D eigenvalue weighted by Gasteiger charge is -2.04. The van der Waals surface area contributed by atoms with Gasteiger partial charge in [-0.1, -0.05) is 35.5 Å². The fourth-order valence-corrected chi connectivity index (χ4v) is 2.18. The number of benzene rings is 1. The highest BCUT2D eigenvalue weighted by atomic mass is 16.5. The Labute approximate surface area is 100 Å². The van der Waals surface area contributed by atoms with Crippen LogP contribution in [0, 0.1) is 0 Å². The second kappa shape index (κ2) is 4.67. The molecule has 4 heteroatoms. The van der Waals surface area contributed by atoms with E-state index in [9.17, 15) is 0 Å². The molecule has 0 aliphatic carbocycles. The first-order chi connectivity index (χ1) is 8.42. The van der Waals surface area contributed by atoms with Crippen molar-refractivity contribution in [2.45, 2.75) is 25.3 Å². The predicted molar refractivity (Wildman–Crippen MR) is 64.5 cm³/mol. The van der Waals surface area contributed by atoms with Crippen molar-refractivity contribution in [2.75, 3.05) is 6.54 Å². The van der Waals surface area contributed by atoms with Crippen molar-refractivity contribution in [3.05, 3.63) is 36.2 Å². The minimum absolute atomic E-state index is 0.499. The zero-order valence-corrected chi connectivity index (χ0v) is 9.60. The highest BCUT2D eigenvalue weighted by Crippen LogP contribution is 2.17. The van der Waals surface area contributed by atoms with E-state index >= 15 is 0 Å². The summed E-state index contributed by atoms with van der Waals surface area (Å²) in [6.07, 6.45) is 3.27. The molecule has 1 atom stereocenters. The van der Waals surface area contributed by atoms with Crippen molar-refractivity contribution in [2.24, 2.45) is 0 Å². The Morgan fingerprint density at radius 1 is 1.29 bits per heavy atom. The van der Waals surface area contributed by atoms with E-state index < -0.39 is 0 Å². The zero-order valence-electron chi connectivity index (χ0n) is 9.60. The Balaban J connectivity index is 1.74. The van der Waals surface area contributed by atoms with Gasteiger partial charge in [0.25, 0.3) is 0 Å². The summed E-state index contributed by atoms with van der Waals surface area (Å²) in [4.78, 5) is 4.43. The van der Waals surface area contributed by atoms with E-state index in [1.807, 2.05) is 30.3 Å². The summed E-state index contributed by atoms with van der Waals surface area (Å²) in [5, 5.41) is 7.44. The third-order valence-corrected chi connectivity index (χ3v) is 3.08. The average molecular weight is 229 g/mol. The van der Waals surface area contributed by atoms with Crippen molar-refractivity contribution < 1.29 is 4.52 Å². The molecule has 3 rings (SSSR count). The maximum Gasteiger partial charge on any atom is 0.228 e. The molecule has 0 bridgehead atoms. The molecule has 1 saturated heterocycles. The average Bonchev–Trinajstić information content (AvgIpc) is 3.02. The third-order valence-electron chi connectivity index (χ3n) is 3.08. The number of hydrogen-bond acceptors (Lipinski definition) is 4. The molecule has 1 aliphatic heterocycles. The van der Waals surface area contributed by atoms with Gasteiger partial charge in [-0.3, -0.25) is 0 Å². The monoisotopic (exact) mass is 229 g/mol. The number of hydrogen-bond donors (Lipinski definition) is 1. The van der Waals surface area contributed by atoms with Gasteiger partial charge in [0.15, 0.2) is 0 Å². The SMILES string of the molecule is c1ccc(-c2noc(C[C@H]3CCCN3)n2)cc1. The van der Waals surface area contributed by atoms with Crippen molar-refractivity contribution >= 4 is 0 Å². The number of nitrogens with zero attached hydrogens (tertiary/aromatic N) is 2. The summed E-state index contributed by atoms with van der Waals surface area (Å²) in [6.45, 7) is 1.10. The highest BCUT2D eigenvalue weighted by Gasteiger charge is 2.18. The van der Waals surface area contributed by atoms with Crippen LogP contribution in [0.1, 0.15) is 18.7 Å². The Bertz CT molecular complexity index is 474. The fourth-order valence-electron chi connectivity index (χ4n) is 2.18. The van der Waals surface area contributed by atoms with Gasteiger partial charge in [-0.05, 0) is 19.4 Å². The van der Waals surface area contributed by atoms with Crippen LogP contribution in [0.15, 0.2) is 34.9 Å². The van der Waals surface area contributed by atoms with E-state index in [-0.39, 0.29) is 0 Å². The van der Waals surface area contributed by atoms with Gasteiger partial charge >= 0.3 is 0 Å². The van der Waals surface area contributed by atoms with Gasteiger partial charge in [-0.2, -0.15) is 4.98 Å². The molecule has 0 spiro atoms. The molecular formula is C13H15N3O. The quantitative estimate of drug-likeness (QED) is 0.875. The molecule has 2 heterocycles. The molecule has 1 aromatic heterocycles. The van der Waals surface area contributed by atoms with Crippen LogP contribution in [0.25, 0.3) is 11.4 Å². The maximum atomic E-state index is 5.28. The summed E-state index contributed by atoms with van der Waals surface area (Å²) in [5.41, 5.74) is 1.00. The minimum Gasteiger partial charge on any atom is -0.339 e. The van der Waals surface area contributed by atoms with E-state index in [4.69, 9.17) is 4.52 Å². The van der Waals surface area contributed by atoms with Crippen molar-refractivity contribution in [3.63, 3.8) is 0 Å². The van der Waals surface area contributed by atoms with Gasteiger partial charge in [0.2, 0.25) is 11.7 Å². The lowest BCUT2D eigenvalue weighted by Crippen LogP contribution is -2.23. The van der Waals surface area contributed by atoms with Crippen LogP contribution in [-0.4, -0.2) is 22.7 Å². The van der Waals surface area contributed by atoms with Crippen LogP contribution in [-0.2, 0) is 6.42 Å². The molecule has 88 valence electrons. The largest absolute Gasteiger partial charge is 0.339 e. The predicted octanol–water partition coefficient (Wildman–Crippen LogP) is 2.03. The summed E-state index contributed by atoms with van der Waals surface area (Å²) in [6, 6.07) is 10.4. The summed E-state index contributed by atoms with van der Waals surface area (Å²) < 4.78 is 5.28. The molecule has 0 radical (unpaired) electrons. The smallest absolute Gasteiger partial charge is 0.228 e. The third kappa shape index (κ3) is 2.36. The summed E-state index contributed by atoms with van der Waals surface area (Å²) >= 11 is 0. The van der Waals surface area contributed by atoms with Crippen LogP contribution >= 0.6 is 0 Å². The fraction of sp³-hybridized carbons (Fsp3) is 0.385. The number of nitrogens with one attached hydrogen (secondary N) is 1. The second-order valence-corrected chi connectivity index (χ2v) is 4.38. The Kier molecular flexibility index (Phi) is 2.88. The summed E-state index contributed by atoms with van der Waals surface area (Å²) in [5.74, 6) is 1.40. The van der Waals surface area contributed by atoms with Gasteiger partial charge < -0.3 is 9.84 Å². The minimum atomic E-state index is 0.499. The lowest BCUT2D eigenvalue weighted by atomic mass is 10.1. The highest BCUT2D eigenvalue weighted by molar-refractivity contribution is 5.53. The molecule has 1 aromatic carbocycles. The molecule has 17 heavy (non-hydrogen) atoms. The van der Waals surface area contributed by atoms with Crippen LogP contribution < -0.4 is 5.32 Å². The van der Waals surface area contributed by atoms with Crippen molar-refractivity contribution in [3.8, 4) is 11.4 Å². The molecular weight excluding hydrogens is 214 g/mol. The number of rotatable bonds is 3. The Hall–Kier alpha value is -1.68. The second-order valence-electron chi connectivity index (χ2n) is 4.38. The lowest BCUT2D eigenvalue weighted by molar-refractivity contribution is 0.364. The van der Waals surface area contributed by atoms with E-state index in [0.717, 1.165) is 24.4 Å². The van der Waals surface area contributed by atoms with Gasteiger partial charge in [0.05, 0.1) is 0 Å². The van der Waals surface area contributed by atoms with Crippen LogP contribution in [0.2, 0.25) is 0 Å². The molecule has 0 saturated carbocycles. The molecule has 4 nitrogen and oxygen atoms in total. The van der Waals surface area contributed by atoms with Gasteiger partial charge in [0.1, 0.15) is 0 Å². The molecule has 0 unspecified atom stereocenters. The van der Waals surface area contributed by atoms with Crippen LogP contribution in [0.5, 0.6) is 0 Å². The first-order valence-electron chi connectivity index (χ1n) is 6.03. The van der Waals surface area contributed by atoms with Crippen molar-refractivity contribution in [1.29, 1.82) is 0 Å². The standard InChI is InChI=1S/C13H15N3O/c1-2-5-10(6-3-1)13-15-12(17-16-13)9-11-7-4-8-14-11/h1-3,5-6,11,14H,4,7-9H2/t11-/m1/s1.